The van der Waals surface area contributed by atoms with Crippen LogP contribution in [0.1, 0.15) is 36.6 Å². The van der Waals surface area contributed by atoms with Crippen molar-refractivity contribution in [1.29, 1.82) is 0 Å². The normalized spacial score (nSPS) is 11.2. The van der Waals surface area contributed by atoms with E-state index in [0.717, 1.165) is 40.9 Å². The minimum Gasteiger partial charge on any atom is -0.300 e. The highest BCUT2D eigenvalue weighted by atomic mass is 32.2. The van der Waals surface area contributed by atoms with Crippen molar-refractivity contribution >= 4 is 11.8 Å². The molecule has 4 rings (SSSR count). The lowest BCUT2D eigenvalue weighted by molar-refractivity contribution is 0.664. The van der Waals surface area contributed by atoms with Gasteiger partial charge in [-0.25, -0.2) is 4.79 Å². The van der Waals surface area contributed by atoms with Crippen LogP contribution in [0.25, 0.3) is 17.1 Å². The van der Waals surface area contributed by atoms with E-state index < -0.39 is 0 Å². The minimum atomic E-state index is -0.340. The molecule has 0 radical (unpaired) electrons. The average molecular weight is 476 g/mol. The number of hydrogen-bond acceptors (Lipinski definition) is 5. The summed E-state index contributed by atoms with van der Waals surface area (Å²) in [6.07, 6.45) is 3.38. The molecule has 0 aliphatic carbocycles. The fourth-order valence-electron chi connectivity index (χ4n) is 3.73. The van der Waals surface area contributed by atoms with Gasteiger partial charge in [0.05, 0.1) is 0 Å². The van der Waals surface area contributed by atoms with E-state index >= 15 is 0 Å². The van der Waals surface area contributed by atoms with Crippen LogP contribution in [-0.2, 0) is 26.3 Å². The van der Waals surface area contributed by atoms with E-state index in [1.165, 1.54) is 40.6 Å². The summed E-state index contributed by atoms with van der Waals surface area (Å²) >= 11 is 1.45. The van der Waals surface area contributed by atoms with Gasteiger partial charge in [0, 0.05) is 42.9 Å². The molecule has 0 fully saturated rings. The first kappa shape index (κ1) is 23.8. The Labute approximate surface area is 203 Å². The van der Waals surface area contributed by atoms with E-state index in [-0.39, 0.29) is 11.2 Å². The van der Waals surface area contributed by atoms with Gasteiger partial charge in [-0.15, -0.1) is 10.2 Å². The molecular weight excluding hydrogens is 446 g/mol. The lowest BCUT2D eigenvalue weighted by Crippen LogP contribution is -2.37. The van der Waals surface area contributed by atoms with Crippen molar-refractivity contribution in [2.75, 3.05) is 0 Å². The van der Waals surface area contributed by atoms with Crippen molar-refractivity contribution in [2.45, 2.75) is 44.0 Å². The summed E-state index contributed by atoms with van der Waals surface area (Å²) in [7, 11) is 3.16. The van der Waals surface area contributed by atoms with Crippen LogP contribution in [0, 0.1) is 6.92 Å². The first-order valence-corrected chi connectivity index (χ1v) is 12.4. The molecule has 0 unspecified atom stereocenters. The van der Waals surface area contributed by atoms with Crippen molar-refractivity contribution in [3.63, 3.8) is 0 Å². The fraction of sp³-hybridized carbons (Fsp3) is 0.308. The highest BCUT2D eigenvalue weighted by molar-refractivity contribution is 7.98. The maximum absolute atomic E-state index is 12.3. The number of rotatable bonds is 8. The van der Waals surface area contributed by atoms with Crippen molar-refractivity contribution in [3.05, 3.63) is 92.3 Å². The summed E-state index contributed by atoms with van der Waals surface area (Å²) in [5.41, 5.74) is 4.41. The molecule has 0 aliphatic rings. The molecule has 8 heteroatoms. The molecule has 0 bridgehead atoms. The van der Waals surface area contributed by atoms with Crippen molar-refractivity contribution in [2.24, 2.45) is 14.1 Å². The molecular formula is C26H29N5O2S. The largest absolute Gasteiger partial charge is 0.330 e. The Morgan fingerprint density at radius 2 is 1.62 bits per heavy atom. The maximum atomic E-state index is 12.3. The van der Waals surface area contributed by atoms with E-state index in [1.54, 1.807) is 7.05 Å². The average Bonchev–Trinajstić information content (AvgIpc) is 3.27. The number of aryl methyl sites for hydroxylation is 2. The number of aromatic nitrogens is 5. The Hall–Kier alpha value is -3.39. The zero-order chi connectivity index (χ0) is 24.2. The summed E-state index contributed by atoms with van der Waals surface area (Å²) in [5, 5.41) is 9.68. The summed E-state index contributed by atoms with van der Waals surface area (Å²) < 4.78 is 4.64. The Morgan fingerprint density at radius 1 is 0.912 bits per heavy atom. The van der Waals surface area contributed by atoms with Gasteiger partial charge in [-0.2, -0.15) is 0 Å². The van der Waals surface area contributed by atoms with E-state index in [9.17, 15) is 9.59 Å². The monoisotopic (exact) mass is 475 g/mol. The van der Waals surface area contributed by atoms with Crippen LogP contribution in [-0.4, -0.2) is 23.9 Å². The number of nitrogens with zero attached hydrogens (tertiary/aromatic N) is 5. The van der Waals surface area contributed by atoms with Crippen LogP contribution in [0.4, 0.5) is 0 Å². The number of hydrogen-bond donors (Lipinski definition) is 0. The molecule has 2 aromatic carbocycles. The van der Waals surface area contributed by atoms with Crippen LogP contribution in [0.15, 0.2) is 69.3 Å². The van der Waals surface area contributed by atoms with E-state index in [1.807, 2.05) is 16.7 Å². The van der Waals surface area contributed by atoms with Gasteiger partial charge < -0.3 is 0 Å². The summed E-state index contributed by atoms with van der Waals surface area (Å²) in [6, 6.07) is 18.2. The third kappa shape index (κ3) is 4.92. The van der Waals surface area contributed by atoms with Crippen LogP contribution in [0.5, 0.6) is 0 Å². The van der Waals surface area contributed by atoms with Gasteiger partial charge in [0.1, 0.15) is 0 Å². The second kappa shape index (κ2) is 10.3. The quantitative estimate of drug-likeness (QED) is 0.356. The number of unbranched alkanes of at least 4 members (excludes halogenated alkanes) is 1. The second-order valence-electron chi connectivity index (χ2n) is 8.44. The molecule has 0 atom stereocenters. The molecule has 2 aromatic heterocycles. The topological polar surface area (TPSA) is 74.7 Å². The third-order valence-electron chi connectivity index (χ3n) is 5.93. The SMILES string of the molecule is CCCCc1ccc(-n2c(SCc3cc(=O)n(C)c(=O)n3C)nnc2-c2ccc(C)cc2)cc1. The standard InChI is InChI=1S/C26H29N5O2S/c1-5-6-7-19-10-14-21(15-11-19)31-24(20-12-8-18(2)9-13-20)27-28-25(31)34-17-22-16-23(32)30(4)26(33)29(22)3/h8-16H,5-7,17H2,1-4H3. The molecule has 0 spiro atoms. The zero-order valence-electron chi connectivity index (χ0n) is 20.0. The lowest BCUT2D eigenvalue weighted by Gasteiger charge is -2.12. The van der Waals surface area contributed by atoms with Gasteiger partial charge in [0.25, 0.3) is 5.56 Å². The molecule has 176 valence electrons. The third-order valence-corrected chi connectivity index (χ3v) is 6.89. The Kier molecular flexibility index (Phi) is 7.17. The van der Waals surface area contributed by atoms with Crippen LogP contribution in [0.2, 0.25) is 0 Å². The molecule has 0 aliphatic heterocycles. The Balaban J connectivity index is 1.72. The van der Waals surface area contributed by atoms with Gasteiger partial charge in [-0.05, 0) is 37.5 Å². The first-order chi connectivity index (χ1) is 16.4. The Bertz CT molecular complexity index is 1400. The van der Waals surface area contributed by atoms with Gasteiger partial charge in [-0.1, -0.05) is 67.1 Å². The molecule has 0 N–H and O–H groups in total. The predicted molar refractivity (Wildman–Crippen MR) is 137 cm³/mol. The minimum absolute atomic E-state index is 0.317. The van der Waals surface area contributed by atoms with E-state index in [4.69, 9.17) is 0 Å². The van der Waals surface area contributed by atoms with Crippen LogP contribution in [0.3, 0.4) is 0 Å². The summed E-state index contributed by atoms with van der Waals surface area (Å²) in [4.78, 5) is 24.5. The molecule has 0 saturated heterocycles. The van der Waals surface area contributed by atoms with Gasteiger partial charge in [0.2, 0.25) is 0 Å². The number of thioether (sulfide) groups is 1. The predicted octanol–water partition coefficient (Wildman–Crippen LogP) is 4.28. The lowest BCUT2D eigenvalue weighted by atomic mass is 10.1. The molecule has 34 heavy (non-hydrogen) atoms. The molecule has 0 amide bonds. The highest BCUT2D eigenvalue weighted by Gasteiger charge is 2.17. The van der Waals surface area contributed by atoms with Crippen molar-refractivity contribution in [3.8, 4) is 17.1 Å². The van der Waals surface area contributed by atoms with E-state index in [2.05, 4.69) is 60.4 Å². The van der Waals surface area contributed by atoms with Crippen molar-refractivity contribution < 1.29 is 0 Å². The maximum Gasteiger partial charge on any atom is 0.330 e. The smallest absolute Gasteiger partial charge is 0.300 e. The number of benzene rings is 2. The zero-order valence-corrected chi connectivity index (χ0v) is 20.8. The Morgan fingerprint density at radius 3 is 2.29 bits per heavy atom. The molecule has 4 aromatic rings. The first-order valence-electron chi connectivity index (χ1n) is 11.4. The van der Waals surface area contributed by atoms with Gasteiger partial charge in [0.15, 0.2) is 11.0 Å². The van der Waals surface area contributed by atoms with Crippen LogP contribution >= 0.6 is 11.8 Å². The second-order valence-corrected chi connectivity index (χ2v) is 9.38. The van der Waals surface area contributed by atoms with Gasteiger partial charge >= 0.3 is 5.69 Å². The van der Waals surface area contributed by atoms with E-state index in [0.29, 0.717) is 16.6 Å². The van der Waals surface area contributed by atoms with Crippen molar-refractivity contribution in [1.82, 2.24) is 23.9 Å². The fourth-order valence-corrected chi connectivity index (χ4v) is 4.71. The summed E-state index contributed by atoms with van der Waals surface area (Å²) in [5.74, 6) is 1.17. The molecule has 0 saturated carbocycles. The van der Waals surface area contributed by atoms with Crippen LogP contribution < -0.4 is 11.2 Å². The van der Waals surface area contributed by atoms with Gasteiger partial charge in [-0.3, -0.25) is 18.5 Å². The highest BCUT2D eigenvalue weighted by Crippen LogP contribution is 2.30. The molecule has 2 heterocycles. The molecule has 7 nitrogen and oxygen atoms in total. The summed E-state index contributed by atoms with van der Waals surface area (Å²) in [6.45, 7) is 4.25.